The second-order valence-corrected chi connectivity index (χ2v) is 7.54. The Kier molecular flexibility index (Phi) is 8.26. The molecule has 1 N–H and O–H groups in total. The highest BCUT2D eigenvalue weighted by Crippen LogP contribution is 2.39. The molecule has 0 saturated heterocycles. The Balaban J connectivity index is 1.87. The van der Waals surface area contributed by atoms with Crippen LogP contribution < -0.4 is 5.32 Å². The molecule has 2 rings (SSSR count). The van der Waals surface area contributed by atoms with Crippen LogP contribution >= 0.6 is 0 Å². The van der Waals surface area contributed by atoms with Crippen LogP contribution in [0.1, 0.15) is 70.8 Å². The average Bonchev–Trinajstić information content (AvgIpc) is 2.68. The number of halogens is 1. The van der Waals surface area contributed by atoms with E-state index >= 15 is 0 Å². The Bertz CT molecular complexity index is 605. The maximum absolute atomic E-state index is 13.3. The van der Waals surface area contributed by atoms with Gasteiger partial charge in [0.05, 0.1) is 0 Å². The second kappa shape index (κ2) is 10.4. The lowest BCUT2D eigenvalue weighted by molar-refractivity contribution is -0.131. The molecular weight excluding hydrogens is 343 g/mol. The minimum absolute atomic E-state index is 0.00518. The van der Waals surface area contributed by atoms with E-state index in [1.54, 1.807) is 4.90 Å². The zero-order valence-electron chi connectivity index (χ0n) is 16.7. The molecule has 27 heavy (non-hydrogen) atoms. The molecule has 0 aromatic heterocycles. The average molecular weight is 377 g/mol. The Hall–Kier alpha value is -1.91. The van der Waals surface area contributed by atoms with Crippen molar-refractivity contribution in [1.29, 1.82) is 0 Å². The molecule has 1 aliphatic rings. The Morgan fingerprint density at radius 1 is 1.04 bits per heavy atom. The van der Waals surface area contributed by atoms with Gasteiger partial charge in [-0.25, -0.2) is 4.39 Å². The summed E-state index contributed by atoms with van der Waals surface area (Å²) in [5, 5.41) is 3.08. The monoisotopic (exact) mass is 376 g/mol. The Morgan fingerprint density at radius 3 is 2.26 bits per heavy atom. The van der Waals surface area contributed by atoms with Crippen molar-refractivity contribution < 1.29 is 14.0 Å². The lowest BCUT2D eigenvalue weighted by Gasteiger charge is -2.38. The highest BCUT2D eigenvalue weighted by atomic mass is 19.1. The van der Waals surface area contributed by atoms with Crippen molar-refractivity contribution in [2.24, 2.45) is 0 Å². The molecule has 0 bridgehead atoms. The van der Waals surface area contributed by atoms with Crippen LogP contribution in [0, 0.1) is 5.82 Å². The first-order valence-electron chi connectivity index (χ1n) is 10.3. The number of hydrogen-bond donors (Lipinski definition) is 1. The van der Waals surface area contributed by atoms with Crippen LogP contribution in [0.25, 0.3) is 0 Å². The van der Waals surface area contributed by atoms with Gasteiger partial charge in [0.2, 0.25) is 11.8 Å². The molecule has 0 radical (unpaired) electrons. The third-order valence-electron chi connectivity index (χ3n) is 5.80. The van der Waals surface area contributed by atoms with E-state index in [1.165, 1.54) is 18.6 Å². The zero-order valence-corrected chi connectivity index (χ0v) is 16.7. The lowest BCUT2D eigenvalue weighted by atomic mass is 9.69. The first-order chi connectivity index (χ1) is 13.0. The van der Waals surface area contributed by atoms with E-state index in [-0.39, 0.29) is 23.0 Å². The van der Waals surface area contributed by atoms with Crippen molar-refractivity contribution in [2.45, 2.75) is 70.6 Å². The normalized spacial score (nSPS) is 16.0. The molecule has 0 heterocycles. The van der Waals surface area contributed by atoms with Crippen molar-refractivity contribution in [3.8, 4) is 0 Å². The molecule has 0 unspecified atom stereocenters. The molecule has 2 amide bonds. The third kappa shape index (κ3) is 6.05. The largest absolute Gasteiger partial charge is 0.355 e. The van der Waals surface area contributed by atoms with Gasteiger partial charge in [0.25, 0.3) is 0 Å². The fraction of sp³-hybridized carbons (Fsp3) is 0.636. The van der Waals surface area contributed by atoms with Crippen LogP contribution in [-0.4, -0.2) is 36.3 Å². The van der Waals surface area contributed by atoms with E-state index in [1.807, 2.05) is 26.0 Å². The first kappa shape index (κ1) is 21.4. The van der Waals surface area contributed by atoms with Crippen LogP contribution in [0.5, 0.6) is 0 Å². The highest BCUT2D eigenvalue weighted by Gasteiger charge is 2.34. The van der Waals surface area contributed by atoms with Crippen LogP contribution in [0.3, 0.4) is 0 Å². The number of nitrogens with zero attached hydrogens (tertiary/aromatic N) is 1. The van der Waals surface area contributed by atoms with E-state index in [4.69, 9.17) is 0 Å². The van der Waals surface area contributed by atoms with Crippen molar-refractivity contribution in [1.82, 2.24) is 10.2 Å². The minimum atomic E-state index is -0.230. The third-order valence-corrected chi connectivity index (χ3v) is 5.80. The molecular formula is C22H33FN2O2. The summed E-state index contributed by atoms with van der Waals surface area (Å²) in [7, 11) is 0. The van der Waals surface area contributed by atoms with Crippen molar-refractivity contribution in [3.05, 3.63) is 35.6 Å². The predicted octanol–water partition coefficient (Wildman–Crippen LogP) is 4.18. The van der Waals surface area contributed by atoms with Gasteiger partial charge in [-0.3, -0.25) is 9.59 Å². The minimum Gasteiger partial charge on any atom is -0.355 e. The van der Waals surface area contributed by atoms with Gasteiger partial charge in [0.1, 0.15) is 5.82 Å². The van der Waals surface area contributed by atoms with E-state index in [0.29, 0.717) is 38.9 Å². The molecule has 150 valence electrons. The van der Waals surface area contributed by atoms with Gasteiger partial charge >= 0.3 is 0 Å². The number of nitrogens with one attached hydrogen (secondary N) is 1. The first-order valence-corrected chi connectivity index (χ1v) is 10.3. The van der Waals surface area contributed by atoms with E-state index < -0.39 is 0 Å². The maximum atomic E-state index is 13.3. The lowest BCUT2D eigenvalue weighted by Crippen LogP contribution is -2.42. The number of amides is 2. The number of carbonyl (C=O) groups is 2. The van der Waals surface area contributed by atoms with E-state index in [2.05, 4.69) is 5.32 Å². The number of benzene rings is 1. The summed E-state index contributed by atoms with van der Waals surface area (Å²) in [5.41, 5.74) is 1.01. The quantitative estimate of drug-likeness (QED) is 0.703. The molecule has 1 fully saturated rings. The molecule has 0 spiro atoms. The highest BCUT2D eigenvalue weighted by molar-refractivity contribution is 5.79. The maximum Gasteiger partial charge on any atom is 0.222 e. The smallest absolute Gasteiger partial charge is 0.222 e. The molecule has 4 nitrogen and oxygen atoms in total. The van der Waals surface area contributed by atoms with Gasteiger partial charge in [-0.2, -0.15) is 0 Å². The van der Waals surface area contributed by atoms with Crippen LogP contribution in [-0.2, 0) is 15.0 Å². The standard InChI is InChI=1S/C22H33FN2O2/c1-3-25(4-2)21(27)10-8-9-20(26)24-17-22(15-6-5-7-16-22)18-11-13-19(23)14-12-18/h11-14H,3-10,15-17H2,1-2H3,(H,24,26). The van der Waals surface area contributed by atoms with Gasteiger partial charge in [-0.15, -0.1) is 0 Å². The van der Waals surface area contributed by atoms with Crippen molar-refractivity contribution in [2.75, 3.05) is 19.6 Å². The van der Waals surface area contributed by atoms with Crippen molar-refractivity contribution in [3.63, 3.8) is 0 Å². The summed E-state index contributed by atoms with van der Waals surface area (Å²) in [4.78, 5) is 26.1. The SMILES string of the molecule is CCN(CC)C(=O)CCCC(=O)NCC1(c2ccc(F)cc2)CCCCC1. The number of carbonyl (C=O) groups excluding carboxylic acids is 2. The molecule has 0 aliphatic heterocycles. The predicted molar refractivity (Wildman–Crippen MR) is 106 cm³/mol. The van der Waals surface area contributed by atoms with Gasteiger partial charge in [-0.1, -0.05) is 31.4 Å². The fourth-order valence-electron chi connectivity index (χ4n) is 4.09. The molecule has 5 heteroatoms. The topological polar surface area (TPSA) is 49.4 Å². The zero-order chi connectivity index (χ0) is 19.7. The van der Waals surface area contributed by atoms with Crippen LogP contribution in [0.15, 0.2) is 24.3 Å². The summed E-state index contributed by atoms with van der Waals surface area (Å²) in [6.45, 7) is 5.94. The summed E-state index contributed by atoms with van der Waals surface area (Å²) >= 11 is 0. The molecule has 1 aliphatic carbocycles. The summed E-state index contributed by atoms with van der Waals surface area (Å²) in [6.07, 6.45) is 6.86. The van der Waals surface area contributed by atoms with Gasteiger partial charge in [-0.05, 0) is 50.8 Å². The molecule has 1 saturated carbocycles. The summed E-state index contributed by atoms with van der Waals surface area (Å²) in [5.74, 6) is -0.121. The fourth-order valence-corrected chi connectivity index (χ4v) is 4.09. The molecule has 1 aromatic rings. The Labute approximate surface area is 162 Å². The van der Waals surface area contributed by atoms with E-state index in [0.717, 1.165) is 31.2 Å². The van der Waals surface area contributed by atoms with Gasteiger partial charge in [0.15, 0.2) is 0 Å². The molecule has 1 aromatic carbocycles. The number of hydrogen-bond acceptors (Lipinski definition) is 2. The molecule has 0 atom stereocenters. The van der Waals surface area contributed by atoms with E-state index in [9.17, 15) is 14.0 Å². The van der Waals surface area contributed by atoms with Crippen LogP contribution in [0.2, 0.25) is 0 Å². The van der Waals surface area contributed by atoms with Gasteiger partial charge < -0.3 is 10.2 Å². The van der Waals surface area contributed by atoms with Crippen molar-refractivity contribution >= 4 is 11.8 Å². The van der Waals surface area contributed by atoms with Gasteiger partial charge in [0, 0.05) is 37.9 Å². The summed E-state index contributed by atoms with van der Waals surface area (Å²) < 4.78 is 13.3. The number of rotatable bonds is 9. The van der Waals surface area contributed by atoms with Crippen LogP contribution in [0.4, 0.5) is 4.39 Å². The summed E-state index contributed by atoms with van der Waals surface area (Å²) in [6, 6.07) is 6.73. The Morgan fingerprint density at radius 2 is 1.67 bits per heavy atom. The second-order valence-electron chi connectivity index (χ2n) is 7.54.